The molecule has 76 valence electrons. The average Bonchev–Trinajstić information content (AvgIpc) is 2.41. The SMILES string of the molecule is CC(C)=NNC(=O)c1cc(C)nn1C. The molecule has 0 radical (unpaired) electrons. The Morgan fingerprint density at radius 3 is 2.64 bits per heavy atom. The molecule has 1 N–H and O–H groups in total. The predicted molar refractivity (Wildman–Crippen MR) is 54.2 cm³/mol. The summed E-state index contributed by atoms with van der Waals surface area (Å²) >= 11 is 0. The first kappa shape index (κ1) is 10.4. The van der Waals surface area contributed by atoms with Crippen molar-refractivity contribution >= 4 is 11.6 Å². The van der Waals surface area contributed by atoms with E-state index >= 15 is 0 Å². The second kappa shape index (κ2) is 4.04. The molecular formula is C9H14N4O. The van der Waals surface area contributed by atoms with Crippen LogP contribution in [-0.4, -0.2) is 21.4 Å². The van der Waals surface area contributed by atoms with Crippen LogP contribution >= 0.6 is 0 Å². The van der Waals surface area contributed by atoms with Crippen molar-refractivity contribution < 1.29 is 4.79 Å². The van der Waals surface area contributed by atoms with Gasteiger partial charge in [0.2, 0.25) is 0 Å². The smallest absolute Gasteiger partial charge is 0.266 e. The number of hydrogen-bond donors (Lipinski definition) is 1. The van der Waals surface area contributed by atoms with Crippen molar-refractivity contribution in [2.45, 2.75) is 20.8 Å². The summed E-state index contributed by atoms with van der Waals surface area (Å²) < 4.78 is 1.53. The fourth-order valence-electron chi connectivity index (χ4n) is 1.04. The first-order valence-corrected chi connectivity index (χ1v) is 4.32. The standard InChI is InChI=1S/C9H14N4O/c1-6(2)10-11-9(14)8-5-7(3)12-13(8)4/h5H,1-4H3,(H,11,14). The molecule has 0 aliphatic rings. The number of aromatic nitrogens is 2. The molecule has 0 fully saturated rings. The van der Waals surface area contributed by atoms with Gasteiger partial charge < -0.3 is 0 Å². The number of rotatable bonds is 2. The van der Waals surface area contributed by atoms with Gasteiger partial charge >= 0.3 is 0 Å². The zero-order valence-corrected chi connectivity index (χ0v) is 8.83. The fourth-order valence-corrected chi connectivity index (χ4v) is 1.04. The topological polar surface area (TPSA) is 59.3 Å². The number of nitrogens with zero attached hydrogens (tertiary/aromatic N) is 3. The van der Waals surface area contributed by atoms with Crippen LogP contribution < -0.4 is 5.43 Å². The predicted octanol–water partition coefficient (Wildman–Crippen LogP) is 0.854. The molecule has 14 heavy (non-hydrogen) atoms. The first-order chi connectivity index (χ1) is 6.50. The Hall–Kier alpha value is -1.65. The lowest BCUT2D eigenvalue weighted by Gasteiger charge is -1.99. The lowest BCUT2D eigenvalue weighted by Crippen LogP contribution is -2.21. The second-order valence-electron chi connectivity index (χ2n) is 3.29. The monoisotopic (exact) mass is 194 g/mol. The zero-order chi connectivity index (χ0) is 10.7. The molecule has 0 aromatic carbocycles. The number of carbonyl (C=O) groups excluding carboxylic acids is 1. The van der Waals surface area contributed by atoms with Crippen LogP contribution in [0.3, 0.4) is 0 Å². The number of carbonyl (C=O) groups is 1. The summed E-state index contributed by atoms with van der Waals surface area (Å²) in [5.41, 5.74) is 4.57. The van der Waals surface area contributed by atoms with Crippen molar-refractivity contribution in [2.75, 3.05) is 0 Å². The van der Waals surface area contributed by atoms with E-state index in [1.165, 1.54) is 4.68 Å². The number of nitrogens with one attached hydrogen (secondary N) is 1. The van der Waals surface area contributed by atoms with Gasteiger partial charge in [-0.3, -0.25) is 9.48 Å². The molecule has 0 atom stereocenters. The Morgan fingerprint density at radius 2 is 2.21 bits per heavy atom. The number of hydrazone groups is 1. The molecule has 1 aromatic rings. The molecule has 0 aliphatic heterocycles. The minimum atomic E-state index is -0.241. The molecule has 1 heterocycles. The highest BCUT2D eigenvalue weighted by Gasteiger charge is 2.10. The second-order valence-corrected chi connectivity index (χ2v) is 3.29. The van der Waals surface area contributed by atoms with Gasteiger partial charge in [-0.2, -0.15) is 10.2 Å². The Bertz CT molecular complexity index is 374. The van der Waals surface area contributed by atoms with E-state index in [0.29, 0.717) is 5.69 Å². The summed E-state index contributed by atoms with van der Waals surface area (Å²) in [6.45, 7) is 5.47. The molecule has 0 saturated heterocycles. The van der Waals surface area contributed by atoms with E-state index < -0.39 is 0 Å². The van der Waals surface area contributed by atoms with Gasteiger partial charge in [0.05, 0.1) is 5.69 Å². The summed E-state index contributed by atoms with van der Waals surface area (Å²) in [6, 6.07) is 1.72. The lowest BCUT2D eigenvalue weighted by molar-refractivity contribution is 0.0945. The van der Waals surface area contributed by atoms with Crippen LogP contribution in [-0.2, 0) is 7.05 Å². The third-order valence-electron chi connectivity index (χ3n) is 1.62. The third kappa shape index (κ3) is 2.42. The molecule has 0 aliphatic carbocycles. The molecule has 5 heteroatoms. The van der Waals surface area contributed by atoms with Crippen molar-refractivity contribution in [1.82, 2.24) is 15.2 Å². The van der Waals surface area contributed by atoms with Crippen LogP contribution in [0, 0.1) is 6.92 Å². The van der Waals surface area contributed by atoms with E-state index in [2.05, 4.69) is 15.6 Å². The number of hydrogen-bond acceptors (Lipinski definition) is 3. The summed E-state index contributed by atoms with van der Waals surface area (Å²) in [7, 11) is 1.73. The average molecular weight is 194 g/mol. The number of aryl methyl sites for hydroxylation is 2. The van der Waals surface area contributed by atoms with Crippen LogP contribution in [0.5, 0.6) is 0 Å². The van der Waals surface area contributed by atoms with E-state index in [-0.39, 0.29) is 5.91 Å². The van der Waals surface area contributed by atoms with Crippen molar-refractivity contribution in [3.8, 4) is 0 Å². The van der Waals surface area contributed by atoms with E-state index in [0.717, 1.165) is 11.4 Å². The van der Waals surface area contributed by atoms with Crippen LogP contribution in [0.2, 0.25) is 0 Å². The van der Waals surface area contributed by atoms with Gasteiger partial charge in [-0.05, 0) is 26.8 Å². The highest BCUT2D eigenvalue weighted by Crippen LogP contribution is 2.00. The molecule has 0 unspecified atom stereocenters. The molecule has 5 nitrogen and oxygen atoms in total. The fraction of sp³-hybridized carbons (Fsp3) is 0.444. The quantitative estimate of drug-likeness (QED) is 0.560. The van der Waals surface area contributed by atoms with Gasteiger partial charge in [0.15, 0.2) is 0 Å². The normalized spacial score (nSPS) is 9.71. The van der Waals surface area contributed by atoms with Crippen LogP contribution in [0.15, 0.2) is 11.2 Å². The van der Waals surface area contributed by atoms with Crippen LogP contribution in [0.1, 0.15) is 30.0 Å². The van der Waals surface area contributed by atoms with Gasteiger partial charge in [0, 0.05) is 12.8 Å². The lowest BCUT2D eigenvalue weighted by atomic mass is 10.3. The van der Waals surface area contributed by atoms with Gasteiger partial charge in [-0.15, -0.1) is 0 Å². The maximum atomic E-state index is 11.5. The maximum Gasteiger partial charge on any atom is 0.289 e. The molecule has 1 aromatic heterocycles. The highest BCUT2D eigenvalue weighted by molar-refractivity contribution is 5.93. The Balaban J connectivity index is 2.80. The van der Waals surface area contributed by atoms with Crippen LogP contribution in [0.4, 0.5) is 0 Å². The maximum absolute atomic E-state index is 11.5. The molecule has 0 spiro atoms. The summed E-state index contributed by atoms with van der Waals surface area (Å²) in [5, 5.41) is 7.89. The zero-order valence-electron chi connectivity index (χ0n) is 8.83. The highest BCUT2D eigenvalue weighted by atomic mass is 16.2. The van der Waals surface area contributed by atoms with Crippen LogP contribution in [0.25, 0.3) is 0 Å². The summed E-state index contributed by atoms with van der Waals surface area (Å²) in [6.07, 6.45) is 0. The van der Waals surface area contributed by atoms with Gasteiger partial charge in [0.1, 0.15) is 5.69 Å². The van der Waals surface area contributed by atoms with Gasteiger partial charge in [-0.1, -0.05) is 0 Å². The minimum Gasteiger partial charge on any atom is -0.266 e. The van der Waals surface area contributed by atoms with E-state index in [9.17, 15) is 4.79 Å². The third-order valence-corrected chi connectivity index (χ3v) is 1.62. The largest absolute Gasteiger partial charge is 0.289 e. The van der Waals surface area contributed by atoms with E-state index in [1.807, 2.05) is 20.8 Å². The molecule has 0 saturated carbocycles. The van der Waals surface area contributed by atoms with Crippen molar-refractivity contribution in [3.63, 3.8) is 0 Å². The molecule has 1 rings (SSSR count). The van der Waals surface area contributed by atoms with E-state index in [4.69, 9.17) is 0 Å². The molecule has 0 bridgehead atoms. The van der Waals surface area contributed by atoms with Crippen molar-refractivity contribution in [2.24, 2.45) is 12.1 Å². The van der Waals surface area contributed by atoms with Gasteiger partial charge in [-0.25, -0.2) is 5.43 Å². The Labute approximate surface area is 82.8 Å². The Kier molecular flexibility index (Phi) is 3.01. The Morgan fingerprint density at radius 1 is 1.57 bits per heavy atom. The van der Waals surface area contributed by atoms with Crippen molar-refractivity contribution in [3.05, 3.63) is 17.5 Å². The van der Waals surface area contributed by atoms with E-state index in [1.54, 1.807) is 13.1 Å². The van der Waals surface area contributed by atoms with Crippen molar-refractivity contribution in [1.29, 1.82) is 0 Å². The number of amides is 1. The minimum absolute atomic E-state index is 0.241. The molecule has 1 amide bonds. The summed E-state index contributed by atoms with van der Waals surface area (Å²) in [4.78, 5) is 11.5. The summed E-state index contributed by atoms with van der Waals surface area (Å²) in [5.74, 6) is -0.241. The van der Waals surface area contributed by atoms with Gasteiger partial charge in [0.25, 0.3) is 5.91 Å². The first-order valence-electron chi connectivity index (χ1n) is 4.32. The molecular weight excluding hydrogens is 180 g/mol.